The van der Waals surface area contributed by atoms with Crippen LogP contribution in [-0.2, 0) is 9.47 Å². The second kappa shape index (κ2) is 14.7. The van der Waals surface area contributed by atoms with Crippen molar-refractivity contribution in [3.8, 4) is 0 Å². The first kappa shape index (κ1) is 34.9. The minimum Gasteiger partial charge on any atom is -0.389 e. The van der Waals surface area contributed by atoms with Crippen molar-refractivity contribution in [3.05, 3.63) is 0 Å². The molecule has 0 saturated carbocycles. The van der Waals surface area contributed by atoms with Gasteiger partial charge in [-0.25, -0.2) is 0 Å². The van der Waals surface area contributed by atoms with Gasteiger partial charge in [-0.3, -0.25) is 19.6 Å². The summed E-state index contributed by atoms with van der Waals surface area (Å²) >= 11 is 0. The van der Waals surface area contributed by atoms with Crippen LogP contribution in [0.1, 0.15) is 75.7 Å². The largest absolute Gasteiger partial charge is 0.389 e. The predicted octanol–water partition coefficient (Wildman–Crippen LogP) is 3.02. The number of aliphatic hydroxyl groups is 2. The first-order valence-corrected chi connectivity index (χ1v) is 15.3. The van der Waals surface area contributed by atoms with Crippen molar-refractivity contribution in [1.82, 2.24) is 19.6 Å². The van der Waals surface area contributed by atoms with Crippen LogP contribution in [0.15, 0.2) is 0 Å². The SMILES string of the molecule is CC(C)(C)COC[C@@H](O)CN1CCN(C(C)(C)CC(C)(C)COC[C@H](O)CN2CCN(C(C)(C)C)CC2)CC1. The number of hydrogen-bond acceptors (Lipinski definition) is 8. The Labute approximate surface area is 241 Å². The summed E-state index contributed by atoms with van der Waals surface area (Å²) in [5.41, 5.74) is 0.403. The molecule has 2 aliphatic rings. The summed E-state index contributed by atoms with van der Waals surface area (Å²) in [7, 11) is 0. The lowest BCUT2D eigenvalue weighted by molar-refractivity contribution is -0.0425. The number of hydrogen-bond donors (Lipinski definition) is 2. The quantitative estimate of drug-likeness (QED) is 0.338. The second-order valence-corrected chi connectivity index (χ2v) is 15.8. The van der Waals surface area contributed by atoms with E-state index < -0.39 is 12.2 Å². The summed E-state index contributed by atoms with van der Waals surface area (Å²) in [6.07, 6.45) is 0.137. The van der Waals surface area contributed by atoms with Crippen LogP contribution in [0, 0.1) is 10.8 Å². The third-order valence-electron chi connectivity index (χ3n) is 8.05. The zero-order valence-electron chi connectivity index (χ0n) is 27.3. The molecule has 2 fully saturated rings. The lowest BCUT2D eigenvalue weighted by Gasteiger charge is -2.47. The van der Waals surface area contributed by atoms with Gasteiger partial charge in [0.05, 0.1) is 38.6 Å². The Bertz CT molecular complexity index is 688. The van der Waals surface area contributed by atoms with E-state index in [1.165, 1.54) is 0 Å². The molecule has 39 heavy (non-hydrogen) atoms. The van der Waals surface area contributed by atoms with Gasteiger partial charge in [-0.2, -0.15) is 0 Å². The minimum absolute atomic E-state index is 0.0132. The minimum atomic E-state index is -0.447. The normalized spacial score (nSPS) is 21.8. The Morgan fingerprint density at radius 3 is 1.41 bits per heavy atom. The fourth-order valence-electron chi connectivity index (χ4n) is 6.14. The summed E-state index contributed by atoms with van der Waals surface area (Å²) in [4.78, 5) is 9.82. The van der Waals surface area contributed by atoms with Crippen molar-refractivity contribution < 1.29 is 19.7 Å². The third kappa shape index (κ3) is 13.5. The molecule has 0 radical (unpaired) electrons. The van der Waals surface area contributed by atoms with Crippen LogP contribution in [0.2, 0.25) is 0 Å². The molecule has 8 nitrogen and oxygen atoms in total. The van der Waals surface area contributed by atoms with Gasteiger partial charge in [-0.1, -0.05) is 34.6 Å². The standard InChI is InChI=1S/C31H64N4O4/c1-28(2,3)24-38-21-26(36)19-33-13-17-35(18-14-33)31(9,10)23-30(7,8)25-39-22-27(37)20-32-11-15-34(16-12-32)29(4,5)6/h26-27,36-37H,11-25H2,1-10H3/t26-,27+/m0/s1. The molecule has 2 saturated heterocycles. The van der Waals surface area contributed by atoms with E-state index in [0.29, 0.717) is 39.5 Å². The van der Waals surface area contributed by atoms with E-state index in [1.807, 2.05) is 0 Å². The van der Waals surface area contributed by atoms with Gasteiger partial charge in [0.15, 0.2) is 0 Å². The van der Waals surface area contributed by atoms with Crippen molar-refractivity contribution in [2.75, 3.05) is 91.9 Å². The number of piperazine rings is 2. The molecule has 2 rings (SSSR count). The molecule has 2 aliphatic heterocycles. The Balaban J connectivity index is 1.66. The maximum absolute atomic E-state index is 10.6. The first-order chi connectivity index (χ1) is 17.9. The zero-order chi connectivity index (χ0) is 29.5. The molecule has 232 valence electrons. The molecule has 8 heteroatoms. The molecule has 0 bridgehead atoms. The summed E-state index contributed by atoms with van der Waals surface area (Å²) < 4.78 is 11.8. The van der Waals surface area contributed by atoms with E-state index >= 15 is 0 Å². The maximum atomic E-state index is 10.6. The van der Waals surface area contributed by atoms with Crippen LogP contribution in [0.5, 0.6) is 0 Å². The number of nitrogens with zero attached hydrogens (tertiary/aromatic N) is 4. The van der Waals surface area contributed by atoms with Gasteiger partial charge < -0.3 is 19.7 Å². The molecule has 0 aromatic heterocycles. The molecular formula is C31H64N4O4. The van der Waals surface area contributed by atoms with Gasteiger partial charge in [0.2, 0.25) is 0 Å². The Morgan fingerprint density at radius 2 is 1.00 bits per heavy atom. The average molecular weight is 557 g/mol. The molecule has 0 unspecified atom stereocenters. The van der Waals surface area contributed by atoms with Crippen LogP contribution in [-0.4, -0.2) is 145 Å². The average Bonchev–Trinajstić information content (AvgIpc) is 2.77. The predicted molar refractivity (Wildman–Crippen MR) is 161 cm³/mol. The van der Waals surface area contributed by atoms with Gasteiger partial charge in [-0.15, -0.1) is 0 Å². The topological polar surface area (TPSA) is 71.9 Å². The highest BCUT2D eigenvalue weighted by atomic mass is 16.5. The van der Waals surface area contributed by atoms with E-state index in [4.69, 9.17) is 9.47 Å². The Hall–Kier alpha value is -0.320. The molecule has 2 heterocycles. The number of ether oxygens (including phenoxy) is 2. The van der Waals surface area contributed by atoms with Crippen molar-refractivity contribution in [2.24, 2.45) is 10.8 Å². The molecule has 0 spiro atoms. The molecule has 0 aliphatic carbocycles. The summed E-state index contributed by atoms with van der Waals surface area (Å²) in [5.74, 6) is 0. The zero-order valence-corrected chi connectivity index (χ0v) is 27.3. The van der Waals surface area contributed by atoms with Crippen molar-refractivity contribution >= 4 is 0 Å². The lowest BCUT2D eigenvalue weighted by Crippen LogP contribution is -2.57. The molecule has 0 amide bonds. The molecular weight excluding hydrogens is 492 g/mol. The van der Waals surface area contributed by atoms with Gasteiger partial charge in [0.25, 0.3) is 0 Å². The highest BCUT2D eigenvalue weighted by molar-refractivity contribution is 4.91. The number of aliphatic hydroxyl groups excluding tert-OH is 2. The Kier molecular flexibility index (Phi) is 13.2. The van der Waals surface area contributed by atoms with Crippen molar-refractivity contribution in [1.29, 1.82) is 0 Å². The monoisotopic (exact) mass is 556 g/mol. The highest BCUT2D eigenvalue weighted by Crippen LogP contribution is 2.33. The summed E-state index contributed by atoms with van der Waals surface area (Å²) in [6, 6.07) is 0. The van der Waals surface area contributed by atoms with Gasteiger partial charge >= 0.3 is 0 Å². The first-order valence-electron chi connectivity index (χ1n) is 15.3. The van der Waals surface area contributed by atoms with Crippen LogP contribution < -0.4 is 0 Å². The summed E-state index contributed by atoms with van der Waals surface area (Å²) in [6.45, 7) is 34.0. The molecule has 0 aromatic rings. The Morgan fingerprint density at radius 1 is 0.590 bits per heavy atom. The summed E-state index contributed by atoms with van der Waals surface area (Å²) in [5, 5.41) is 21.0. The fourth-order valence-corrected chi connectivity index (χ4v) is 6.14. The van der Waals surface area contributed by atoms with E-state index in [1.54, 1.807) is 0 Å². The van der Waals surface area contributed by atoms with Crippen molar-refractivity contribution in [3.63, 3.8) is 0 Å². The van der Waals surface area contributed by atoms with Crippen LogP contribution in [0.3, 0.4) is 0 Å². The maximum Gasteiger partial charge on any atom is 0.0900 e. The second-order valence-electron chi connectivity index (χ2n) is 15.8. The van der Waals surface area contributed by atoms with Gasteiger partial charge in [0.1, 0.15) is 0 Å². The molecule has 0 aromatic carbocycles. The van der Waals surface area contributed by atoms with E-state index in [-0.39, 0.29) is 21.9 Å². The fraction of sp³-hybridized carbons (Fsp3) is 1.00. The number of rotatable bonds is 14. The van der Waals surface area contributed by atoms with E-state index in [2.05, 4.69) is 88.8 Å². The van der Waals surface area contributed by atoms with E-state index in [9.17, 15) is 10.2 Å². The van der Waals surface area contributed by atoms with Gasteiger partial charge in [0, 0.05) is 76.5 Å². The smallest absolute Gasteiger partial charge is 0.0900 e. The number of β-amino-alcohol motifs (C(OH)–C–C–N with tert-alkyl or cyclic N) is 2. The highest BCUT2D eigenvalue weighted by Gasteiger charge is 2.36. The van der Waals surface area contributed by atoms with Crippen LogP contribution >= 0.6 is 0 Å². The lowest BCUT2D eigenvalue weighted by atomic mass is 9.79. The third-order valence-corrected chi connectivity index (χ3v) is 8.05. The van der Waals surface area contributed by atoms with Crippen molar-refractivity contribution in [2.45, 2.75) is 98.9 Å². The van der Waals surface area contributed by atoms with E-state index in [0.717, 1.165) is 58.8 Å². The van der Waals surface area contributed by atoms with Crippen LogP contribution in [0.4, 0.5) is 0 Å². The van der Waals surface area contributed by atoms with Gasteiger partial charge in [-0.05, 0) is 51.9 Å². The van der Waals surface area contributed by atoms with Crippen LogP contribution in [0.25, 0.3) is 0 Å². The molecule has 2 N–H and O–H groups in total. The molecule has 2 atom stereocenters.